The van der Waals surface area contributed by atoms with Crippen LogP contribution in [0.1, 0.15) is 17.4 Å². The van der Waals surface area contributed by atoms with E-state index in [1.165, 1.54) is 12.1 Å². The molecule has 2 aromatic rings. The molecule has 1 heterocycles. The van der Waals surface area contributed by atoms with Crippen LogP contribution in [0.2, 0.25) is 0 Å². The van der Waals surface area contributed by atoms with Gasteiger partial charge in [0.2, 0.25) is 0 Å². The Morgan fingerprint density at radius 1 is 1.17 bits per heavy atom. The molecule has 24 heavy (non-hydrogen) atoms. The lowest BCUT2D eigenvalue weighted by Gasteiger charge is -2.13. The van der Waals surface area contributed by atoms with Gasteiger partial charge in [-0.25, -0.2) is 0 Å². The van der Waals surface area contributed by atoms with Crippen molar-refractivity contribution in [2.24, 2.45) is 0 Å². The minimum Gasteiger partial charge on any atom is -0.346 e. The highest BCUT2D eigenvalue weighted by molar-refractivity contribution is 9.10. The summed E-state index contributed by atoms with van der Waals surface area (Å²) in [6, 6.07) is 14.1. The summed E-state index contributed by atoms with van der Waals surface area (Å²) in [5.74, 6) is 0. The van der Waals surface area contributed by atoms with E-state index in [4.69, 9.17) is 13.7 Å². The zero-order valence-electron chi connectivity index (χ0n) is 13.0. The Balaban J connectivity index is 1.60. The predicted octanol–water partition coefficient (Wildman–Crippen LogP) is 3.58. The molecule has 0 spiro atoms. The highest BCUT2D eigenvalue weighted by Gasteiger charge is 2.30. The summed E-state index contributed by atoms with van der Waals surface area (Å²) < 4.78 is 41.7. The molecular formula is C17H17BrO5S. The first kappa shape index (κ1) is 17.6. The maximum absolute atomic E-state index is 12.2. The van der Waals surface area contributed by atoms with E-state index in [0.29, 0.717) is 0 Å². The Morgan fingerprint density at radius 2 is 1.88 bits per heavy atom. The average Bonchev–Trinajstić information content (AvgIpc) is 3.03. The van der Waals surface area contributed by atoms with Gasteiger partial charge in [0, 0.05) is 10.0 Å². The largest absolute Gasteiger partial charge is 0.346 e. The Kier molecular flexibility index (Phi) is 5.36. The lowest BCUT2D eigenvalue weighted by atomic mass is 10.2. The molecule has 1 aliphatic heterocycles. The van der Waals surface area contributed by atoms with Gasteiger partial charge in [0.1, 0.15) is 6.10 Å². The molecule has 2 aromatic carbocycles. The molecule has 5 nitrogen and oxygen atoms in total. The predicted molar refractivity (Wildman–Crippen MR) is 92.0 cm³/mol. The van der Waals surface area contributed by atoms with E-state index < -0.39 is 22.5 Å². The third kappa shape index (κ3) is 4.04. The smallest absolute Gasteiger partial charge is 0.297 e. The van der Waals surface area contributed by atoms with Crippen molar-refractivity contribution in [3.05, 3.63) is 64.1 Å². The zero-order valence-corrected chi connectivity index (χ0v) is 15.4. The van der Waals surface area contributed by atoms with Crippen LogP contribution in [0.3, 0.4) is 0 Å². The maximum Gasteiger partial charge on any atom is 0.297 e. The normalized spacial score (nSPS) is 21.1. The van der Waals surface area contributed by atoms with E-state index in [9.17, 15) is 8.42 Å². The molecule has 2 atom stereocenters. The number of hydrogen-bond acceptors (Lipinski definition) is 5. The van der Waals surface area contributed by atoms with Gasteiger partial charge in [0.25, 0.3) is 10.1 Å². The molecule has 1 saturated heterocycles. The Hall–Kier alpha value is -1.25. The summed E-state index contributed by atoms with van der Waals surface area (Å²) >= 11 is 3.45. The molecule has 1 fully saturated rings. The third-order valence-corrected chi connectivity index (χ3v) is 5.65. The van der Waals surface area contributed by atoms with Crippen molar-refractivity contribution in [2.75, 3.05) is 13.2 Å². The van der Waals surface area contributed by atoms with Crippen LogP contribution in [0.15, 0.2) is 57.9 Å². The molecule has 0 aromatic heterocycles. The topological polar surface area (TPSA) is 61.8 Å². The van der Waals surface area contributed by atoms with Gasteiger partial charge in [-0.15, -0.1) is 0 Å². The molecule has 7 heteroatoms. The average molecular weight is 413 g/mol. The van der Waals surface area contributed by atoms with Crippen molar-refractivity contribution in [1.82, 2.24) is 0 Å². The Morgan fingerprint density at radius 3 is 2.58 bits per heavy atom. The molecule has 0 N–H and O–H groups in total. The van der Waals surface area contributed by atoms with E-state index in [-0.39, 0.29) is 18.1 Å². The number of aryl methyl sites for hydroxylation is 1. The van der Waals surface area contributed by atoms with Crippen molar-refractivity contribution in [3.63, 3.8) is 0 Å². The fourth-order valence-electron chi connectivity index (χ4n) is 2.30. The van der Waals surface area contributed by atoms with Gasteiger partial charge in [0.05, 0.1) is 18.1 Å². The van der Waals surface area contributed by atoms with Crippen molar-refractivity contribution >= 4 is 26.0 Å². The fourth-order valence-corrected chi connectivity index (χ4v) is 3.71. The number of halogens is 1. The van der Waals surface area contributed by atoms with Crippen LogP contribution in [-0.4, -0.2) is 27.7 Å². The zero-order chi connectivity index (χ0) is 17.2. The van der Waals surface area contributed by atoms with E-state index in [1.54, 1.807) is 12.1 Å². The molecule has 3 rings (SSSR count). The van der Waals surface area contributed by atoms with E-state index in [2.05, 4.69) is 15.9 Å². The summed E-state index contributed by atoms with van der Waals surface area (Å²) in [4.78, 5) is 0.134. The highest BCUT2D eigenvalue weighted by Crippen LogP contribution is 2.32. The monoisotopic (exact) mass is 412 g/mol. The van der Waals surface area contributed by atoms with Gasteiger partial charge in [0.15, 0.2) is 6.29 Å². The van der Waals surface area contributed by atoms with E-state index in [1.807, 2.05) is 31.2 Å². The molecule has 0 saturated carbocycles. The first-order valence-electron chi connectivity index (χ1n) is 7.43. The summed E-state index contributed by atoms with van der Waals surface area (Å²) in [6.45, 7) is 2.08. The van der Waals surface area contributed by atoms with Crippen LogP contribution in [0, 0.1) is 6.92 Å². The van der Waals surface area contributed by atoms with Gasteiger partial charge in [-0.05, 0) is 25.1 Å². The summed E-state index contributed by atoms with van der Waals surface area (Å²) in [5, 5.41) is 0. The molecule has 1 aliphatic rings. The van der Waals surface area contributed by atoms with Gasteiger partial charge in [-0.1, -0.05) is 51.8 Å². The van der Waals surface area contributed by atoms with Crippen LogP contribution < -0.4 is 0 Å². The molecule has 0 amide bonds. The fraction of sp³-hybridized carbons (Fsp3) is 0.294. The third-order valence-electron chi connectivity index (χ3n) is 3.63. The minimum atomic E-state index is -3.80. The molecule has 0 aliphatic carbocycles. The molecule has 128 valence electrons. The number of rotatable bonds is 5. The second-order valence-electron chi connectivity index (χ2n) is 5.50. The van der Waals surface area contributed by atoms with Gasteiger partial charge < -0.3 is 9.47 Å². The first-order chi connectivity index (χ1) is 11.5. The van der Waals surface area contributed by atoms with E-state index in [0.717, 1.165) is 15.6 Å². The Labute approximate surface area is 149 Å². The SMILES string of the molecule is Cc1ccc(S(=O)(=O)OC[C@H]2CO[C@H](c3ccccc3Br)O2)cc1. The van der Waals surface area contributed by atoms with Gasteiger partial charge >= 0.3 is 0 Å². The lowest BCUT2D eigenvalue weighted by molar-refractivity contribution is -0.0661. The minimum absolute atomic E-state index is 0.0861. The van der Waals surface area contributed by atoms with Crippen LogP contribution in [0.5, 0.6) is 0 Å². The second-order valence-corrected chi connectivity index (χ2v) is 7.97. The second kappa shape index (κ2) is 7.33. The number of hydrogen-bond donors (Lipinski definition) is 0. The number of benzene rings is 2. The quantitative estimate of drug-likeness (QED) is 0.702. The van der Waals surface area contributed by atoms with E-state index >= 15 is 0 Å². The molecule has 0 bridgehead atoms. The molecule has 0 radical (unpaired) electrons. The summed E-state index contributed by atoms with van der Waals surface area (Å²) in [6.07, 6.45) is -0.974. The van der Waals surface area contributed by atoms with Crippen LogP contribution in [0.25, 0.3) is 0 Å². The van der Waals surface area contributed by atoms with Crippen molar-refractivity contribution in [1.29, 1.82) is 0 Å². The van der Waals surface area contributed by atoms with Crippen LogP contribution in [-0.2, 0) is 23.8 Å². The summed E-state index contributed by atoms with van der Waals surface area (Å²) in [5.41, 5.74) is 1.85. The molecule has 0 unspecified atom stereocenters. The summed E-state index contributed by atoms with van der Waals surface area (Å²) in [7, 11) is -3.80. The van der Waals surface area contributed by atoms with Crippen molar-refractivity contribution < 1.29 is 22.1 Å². The van der Waals surface area contributed by atoms with Crippen molar-refractivity contribution in [2.45, 2.75) is 24.2 Å². The maximum atomic E-state index is 12.2. The molecular weight excluding hydrogens is 396 g/mol. The first-order valence-corrected chi connectivity index (χ1v) is 9.63. The standard InChI is InChI=1S/C17H17BrO5S/c1-12-6-8-14(9-7-12)24(19,20)22-11-13-10-21-17(23-13)15-4-2-3-5-16(15)18/h2-9,13,17H,10-11H2,1H3/t13-,17+/m1/s1. The lowest BCUT2D eigenvalue weighted by Crippen LogP contribution is -2.21. The van der Waals surface area contributed by atoms with Crippen LogP contribution in [0.4, 0.5) is 0 Å². The van der Waals surface area contributed by atoms with Gasteiger partial charge in [-0.3, -0.25) is 4.18 Å². The van der Waals surface area contributed by atoms with Gasteiger partial charge in [-0.2, -0.15) is 8.42 Å². The highest BCUT2D eigenvalue weighted by atomic mass is 79.9. The number of ether oxygens (including phenoxy) is 2. The Bertz CT molecular complexity index is 804. The van der Waals surface area contributed by atoms with Crippen molar-refractivity contribution in [3.8, 4) is 0 Å². The van der Waals surface area contributed by atoms with Crippen LogP contribution >= 0.6 is 15.9 Å².